The van der Waals surface area contributed by atoms with Gasteiger partial charge in [0.05, 0.1) is 24.0 Å². The van der Waals surface area contributed by atoms with Crippen LogP contribution in [-0.4, -0.2) is 86.3 Å². The summed E-state index contributed by atoms with van der Waals surface area (Å²) in [4.78, 5) is 25.8. The molecule has 2 atom stereocenters. The van der Waals surface area contributed by atoms with E-state index in [9.17, 15) is 13.2 Å². The van der Waals surface area contributed by atoms with Gasteiger partial charge in [0.1, 0.15) is 27.5 Å². The third-order valence-corrected chi connectivity index (χ3v) is 9.65. The van der Waals surface area contributed by atoms with Crippen LogP contribution in [-0.2, 0) is 9.84 Å². The van der Waals surface area contributed by atoms with Gasteiger partial charge in [-0.3, -0.25) is 14.8 Å². The molecule has 0 spiro atoms. The van der Waals surface area contributed by atoms with Gasteiger partial charge in [-0.15, -0.1) is 0 Å². The number of amidine groups is 1. The molecular weight excluding hydrogens is 667 g/mol. The lowest BCUT2D eigenvalue weighted by Crippen LogP contribution is -2.54. The summed E-state index contributed by atoms with van der Waals surface area (Å²) in [6.07, 6.45) is 1.25. The van der Waals surface area contributed by atoms with Crippen molar-refractivity contribution in [3.63, 3.8) is 0 Å². The molecule has 0 aliphatic carbocycles. The van der Waals surface area contributed by atoms with Crippen LogP contribution in [0.5, 0.6) is 5.75 Å². The Morgan fingerprint density at radius 2 is 1.54 bits per heavy atom. The first-order chi connectivity index (χ1) is 22.7. The van der Waals surface area contributed by atoms with Crippen molar-refractivity contribution < 1.29 is 17.9 Å². The summed E-state index contributed by atoms with van der Waals surface area (Å²) in [6, 6.07) is 19.7. The maximum Gasteiger partial charge on any atom is 0.326 e. The van der Waals surface area contributed by atoms with Crippen molar-refractivity contribution >= 4 is 44.9 Å². The molecule has 0 aromatic heterocycles. The Hall–Kier alpha value is -3.55. The van der Waals surface area contributed by atoms with E-state index in [1.165, 1.54) is 6.26 Å². The number of ether oxygens (including phenoxy) is 1. The minimum Gasteiger partial charge on any atom is -0.493 e. The van der Waals surface area contributed by atoms with E-state index in [-0.39, 0.29) is 17.2 Å². The zero-order valence-corrected chi connectivity index (χ0v) is 30.4. The maximum atomic E-state index is 14.8. The fourth-order valence-corrected chi connectivity index (χ4v) is 6.63. The summed E-state index contributed by atoms with van der Waals surface area (Å²) in [5.41, 5.74) is 3.11. The van der Waals surface area contributed by atoms with E-state index < -0.39 is 21.9 Å². The first-order valence-electron chi connectivity index (χ1n) is 16.1. The number of urea groups is 1. The fourth-order valence-electron chi connectivity index (χ4n) is 5.78. The molecule has 0 saturated carbocycles. The van der Waals surface area contributed by atoms with Gasteiger partial charge in [-0.05, 0) is 81.3 Å². The molecule has 2 aliphatic heterocycles. The highest BCUT2D eigenvalue weighted by Gasteiger charge is 2.45. The van der Waals surface area contributed by atoms with Crippen LogP contribution >= 0.6 is 23.2 Å². The smallest absolute Gasteiger partial charge is 0.326 e. The van der Waals surface area contributed by atoms with Gasteiger partial charge in [-0.2, -0.15) is 0 Å². The molecule has 0 bridgehead atoms. The van der Waals surface area contributed by atoms with Crippen molar-refractivity contribution in [1.82, 2.24) is 14.7 Å². The van der Waals surface area contributed by atoms with Crippen LogP contribution in [0.4, 0.5) is 4.79 Å². The molecule has 254 valence electrons. The van der Waals surface area contributed by atoms with Gasteiger partial charge in [0, 0.05) is 60.0 Å². The number of hydrogen-bond acceptors (Lipinski definition) is 6. The minimum atomic E-state index is -3.09. The number of halogens is 2. The number of sulfone groups is 1. The highest BCUT2D eigenvalue weighted by Crippen LogP contribution is 2.45. The van der Waals surface area contributed by atoms with Crippen molar-refractivity contribution in [2.24, 2.45) is 10.4 Å². The monoisotopic (exact) mass is 708 g/mol. The number of benzene rings is 3. The van der Waals surface area contributed by atoms with Gasteiger partial charge < -0.3 is 9.64 Å². The Labute approximate surface area is 294 Å². The Morgan fingerprint density at radius 1 is 0.938 bits per heavy atom. The predicted molar refractivity (Wildman–Crippen MR) is 194 cm³/mol. The molecule has 1 fully saturated rings. The number of carbonyl (C=O) groups is 1. The molecule has 1 saturated heterocycles. The normalized spacial score (nSPS) is 18.7. The van der Waals surface area contributed by atoms with Gasteiger partial charge in [0.15, 0.2) is 0 Å². The van der Waals surface area contributed by atoms with Crippen molar-refractivity contribution in [3.05, 3.63) is 99.0 Å². The summed E-state index contributed by atoms with van der Waals surface area (Å²) in [6.45, 7) is 11.0. The van der Waals surface area contributed by atoms with E-state index in [2.05, 4.69) is 37.5 Å². The SMILES string of the molecule is CCOc1cc(C#CC(C)(C)C)ccc1C1=N[C@@H](c2ccc(Cl)cc2)[C@@H](c2ccc(Cl)cc2)N1C(=O)N1CCN(CCS(C)(=O)=O)CC1. The Morgan fingerprint density at radius 3 is 2.10 bits per heavy atom. The summed E-state index contributed by atoms with van der Waals surface area (Å²) >= 11 is 12.6. The lowest BCUT2D eigenvalue weighted by molar-refractivity contribution is 0.122. The van der Waals surface area contributed by atoms with E-state index in [0.29, 0.717) is 66.5 Å². The molecule has 5 rings (SSSR count). The van der Waals surface area contributed by atoms with Crippen LogP contribution in [0.15, 0.2) is 71.7 Å². The first kappa shape index (κ1) is 35.7. The molecule has 3 aromatic carbocycles. The second-order valence-electron chi connectivity index (χ2n) is 13.2. The average molecular weight is 710 g/mol. The Kier molecular flexibility index (Phi) is 11.1. The number of piperazine rings is 1. The highest BCUT2D eigenvalue weighted by molar-refractivity contribution is 7.90. The zero-order valence-electron chi connectivity index (χ0n) is 28.0. The van der Waals surface area contributed by atoms with Crippen molar-refractivity contribution in [1.29, 1.82) is 0 Å². The van der Waals surface area contributed by atoms with E-state index in [1.54, 1.807) is 4.90 Å². The summed E-state index contributed by atoms with van der Waals surface area (Å²) in [7, 11) is -3.09. The molecule has 11 heteroatoms. The molecule has 8 nitrogen and oxygen atoms in total. The zero-order chi connectivity index (χ0) is 34.6. The molecular formula is C37H42Cl2N4O4S. The van der Waals surface area contributed by atoms with Crippen LogP contribution in [0.3, 0.4) is 0 Å². The Bertz CT molecular complexity index is 1820. The van der Waals surface area contributed by atoms with Crippen LogP contribution in [0.2, 0.25) is 10.0 Å². The Balaban J connectivity index is 1.60. The summed E-state index contributed by atoms with van der Waals surface area (Å²) < 4.78 is 29.7. The molecule has 0 radical (unpaired) electrons. The number of amides is 2. The third kappa shape index (κ3) is 8.91. The molecule has 2 aliphatic rings. The second kappa shape index (κ2) is 14.9. The fraction of sp³-hybridized carbons (Fsp3) is 0.405. The van der Waals surface area contributed by atoms with Crippen molar-refractivity contribution in [2.75, 3.05) is 51.3 Å². The molecule has 0 N–H and O–H groups in total. The van der Waals surface area contributed by atoms with E-state index in [4.69, 9.17) is 32.9 Å². The quantitative estimate of drug-likeness (QED) is 0.233. The van der Waals surface area contributed by atoms with Gasteiger partial charge in [-0.1, -0.05) is 59.3 Å². The number of carbonyl (C=O) groups excluding carboxylic acids is 1. The van der Waals surface area contributed by atoms with Crippen LogP contribution in [0.25, 0.3) is 0 Å². The number of hydrogen-bond donors (Lipinski definition) is 0. The largest absolute Gasteiger partial charge is 0.493 e. The number of rotatable bonds is 8. The average Bonchev–Trinajstić information content (AvgIpc) is 3.43. The minimum absolute atomic E-state index is 0.0849. The van der Waals surface area contributed by atoms with Gasteiger partial charge in [0.25, 0.3) is 0 Å². The molecule has 0 unspecified atom stereocenters. The molecule has 3 aromatic rings. The number of aliphatic imine (C=N–C) groups is 1. The number of nitrogens with zero attached hydrogens (tertiary/aromatic N) is 4. The van der Waals surface area contributed by atoms with E-state index in [0.717, 1.165) is 16.7 Å². The van der Waals surface area contributed by atoms with Crippen LogP contribution in [0, 0.1) is 17.3 Å². The molecule has 48 heavy (non-hydrogen) atoms. The first-order valence-corrected chi connectivity index (χ1v) is 18.9. The van der Waals surface area contributed by atoms with Crippen LogP contribution < -0.4 is 4.74 Å². The highest BCUT2D eigenvalue weighted by atomic mass is 35.5. The second-order valence-corrected chi connectivity index (χ2v) is 16.3. The summed E-state index contributed by atoms with van der Waals surface area (Å²) in [5.74, 6) is 7.72. The van der Waals surface area contributed by atoms with Gasteiger partial charge in [-0.25, -0.2) is 13.2 Å². The lowest BCUT2D eigenvalue weighted by atomic mass is 9.93. The van der Waals surface area contributed by atoms with Gasteiger partial charge >= 0.3 is 6.03 Å². The predicted octanol–water partition coefficient (Wildman–Crippen LogP) is 7.12. The summed E-state index contributed by atoms with van der Waals surface area (Å²) in [5, 5.41) is 1.20. The molecule has 2 heterocycles. The van der Waals surface area contributed by atoms with Crippen molar-refractivity contribution in [3.8, 4) is 17.6 Å². The topological polar surface area (TPSA) is 82.5 Å². The third-order valence-electron chi connectivity index (χ3n) is 8.22. The van der Waals surface area contributed by atoms with Crippen molar-refractivity contribution in [2.45, 2.75) is 39.8 Å². The van der Waals surface area contributed by atoms with Crippen LogP contribution in [0.1, 0.15) is 62.0 Å². The maximum absolute atomic E-state index is 14.8. The van der Waals surface area contributed by atoms with E-state index in [1.807, 2.05) is 78.6 Å². The van der Waals surface area contributed by atoms with E-state index >= 15 is 0 Å². The van der Waals surface area contributed by atoms with Gasteiger partial charge in [0.2, 0.25) is 0 Å². The standard InChI is InChI=1S/C37H42Cl2N4O4S/c1-6-47-32-25-26(17-18-37(2,3)4)7-16-31(32)35-40-33(27-8-12-29(38)13-9-27)34(28-10-14-30(39)15-11-28)43(35)36(44)42-21-19-41(20-22-42)23-24-48(5,45)46/h7-16,25,33-34H,6,19-24H2,1-5H3/t33-,34+/m0/s1. The lowest BCUT2D eigenvalue weighted by Gasteiger charge is -2.39. The molecule has 2 amide bonds.